The van der Waals surface area contributed by atoms with Crippen molar-refractivity contribution < 1.29 is 23.4 Å². The molecule has 1 amide bonds. The maximum atomic E-state index is 10.4. The number of nitrogens with zero attached hydrogens (tertiary/aromatic N) is 2. The third-order valence-electron chi connectivity index (χ3n) is 2.58. The van der Waals surface area contributed by atoms with Gasteiger partial charge in [0.25, 0.3) is 5.22 Å². The molecule has 110 valence electrons. The van der Waals surface area contributed by atoms with Gasteiger partial charge in [0, 0.05) is 11.3 Å². The average molecular weight is 309 g/mol. The molecule has 1 aliphatic rings. The van der Waals surface area contributed by atoms with Gasteiger partial charge in [0.05, 0.1) is 0 Å². The molecule has 1 aromatic carbocycles. The summed E-state index contributed by atoms with van der Waals surface area (Å²) in [7, 11) is 0. The quantitative estimate of drug-likeness (QED) is 0.656. The monoisotopic (exact) mass is 309 g/mol. The van der Waals surface area contributed by atoms with E-state index in [1.165, 1.54) is 11.8 Å². The number of hydrogen-bond donors (Lipinski definition) is 1. The third kappa shape index (κ3) is 3.19. The smallest absolute Gasteiger partial charge is 0.404 e. The van der Waals surface area contributed by atoms with E-state index in [0.29, 0.717) is 28.4 Å². The van der Waals surface area contributed by atoms with Gasteiger partial charge in [0.1, 0.15) is 6.61 Å². The van der Waals surface area contributed by atoms with Gasteiger partial charge < -0.3 is 24.4 Å². The van der Waals surface area contributed by atoms with Gasteiger partial charge in [-0.25, -0.2) is 4.79 Å². The van der Waals surface area contributed by atoms with Gasteiger partial charge in [-0.15, -0.1) is 10.2 Å². The Balaban J connectivity index is 1.63. The molecule has 3 rings (SSSR count). The number of aromatic nitrogens is 2. The number of amides is 1. The summed E-state index contributed by atoms with van der Waals surface area (Å²) in [5, 5.41) is 8.25. The van der Waals surface area contributed by atoms with Crippen LogP contribution in [0, 0.1) is 0 Å². The van der Waals surface area contributed by atoms with E-state index in [2.05, 4.69) is 14.9 Å². The lowest BCUT2D eigenvalue weighted by molar-refractivity contribution is 0.164. The number of thioether (sulfide) groups is 1. The van der Waals surface area contributed by atoms with E-state index >= 15 is 0 Å². The largest absolute Gasteiger partial charge is 0.454 e. The Hall–Kier alpha value is -2.42. The zero-order valence-electron chi connectivity index (χ0n) is 10.8. The Morgan fingerprint density at radius 3 is 3.05 bits per heavy atom. The highest BCUT2D eigenvalue weighted by atomic mass is 32.2. The molecule has 0 unspecified atom stereocenters. The molecular formula is C12H11N3O5S. The van der Waals surface area contributed by atoms with Crippen molar-refractivity contribution in [2.24, 2.45) is 5.73 Å². The van der Waals surface area contributed by atoms with E-state index in [0.717, 1.165) is 5.56 Å². The number of ether oxygens (including phenoxy) is 3. The summed E-state index contributed by atoms with van der Waals surface area (Å²) >= 11 is 1.27. The van der Waals surface area contributed by atoms with Gasteiger partial charge in [-0.05, 0) is 18.2 Å². The van der Waals surface area contributed by atoms with Crippen molar-refractivity contribution >= 4 is 17.9 Å². The summed E-state index contributed by atoms with van der Waals surface area (Å²) < 4.78 is 20.6. The molecule has 0 saturated carbocycles. The maximum absolute atomic E-state index is 10.4. The first-order valence-electron chi connectivity index (χ1n) is 6.01. The summed E-state index contributed by atoms with van der Waals surface area (Å²) in [5.74, 6) is 2.20. The minimum absolute atomic E-state index is 0.182. The fraction of sp³-hybridized carbons (Fsp3) is 0.250. The Morgan fingerprint density at radius 2 is 2.19 bits per heavy atom. The molecule has 0 radical (unpaired) electrons. The Bertz CT molecular complexity index is 660. The molecule has 0 bridgehead atoms. The fourth-order valence-electron chi connectivity index (χ4n) is 1.69. The highest BCUT2D eigenvalue weighted by molar-refractivity contribution is 7.99. The molecule has 1 aromatic heterocycles. The van der Waals surface area contributed by atoms with Crippen LogP contribution in [0.1, 0.15) is 0 Å². The zero-order chi connectivity index (χ0) is 14.7. The van der Waals surface area contributed by atoms with Crippen molar-refractivity contribution in [3.8, 4) is 23.0 Å². The van der Waals surface area contributed by atoms with Crippen LogP contribution in [-0.2, 0) is 4.74 Å². The van der Waals surface area contributed by atoms with E-state index in [4.69, 9.17) is 19.6 Å². The number of fused-ring (bicyclic) bond motifs is 1. The molecule has 0 fully saturated rings. The van der Waals surface area contributed by atoms with Crippen LogP contribution < -0.4 is 15.2 Å². The first kappa shape index (κ1) is 13.6. The Labute approximate surface area is 123 Å². The number of rotatable bonds is 5. The second-order valence-corrected chi connectivity index (χ2v) is 5.00. The Morgan fingerprint density at radius 1 is 1.33 bits per heavy atom. The molecule has 21 heavy (non-hydrogen) atoms. The van der Waals surface area contributed by atoms with Crippen LogP contribution in [0.15, 0.2) is 27.8 Å². The minimum atomic E-state index is -0.804. The molecule has 1 aliphatic heterocycles. The molecule has 2 aromatic rings. The van der Waals surface area contributed by atoms with E-state index in [9.17, 15) is 4.79 Å². The maximum Gasteiger partial charge on any atom is 0.404 e. The van der Waals surface area contributed by atoms with Crippen LogP contribution in [0.3, 0.4) is 0 Å². The average Bonchev–Trinajstić information content (AvgIpc) is 3.11. The lowest BCUT2D eigenvalue weighted by Gasteiger charge is -1.98. The van der Waals surface area contributed by atoms with Crippen LogP contribution in [0.25, 0.3) is 11.5 Å². The topological polar surface area (TPSA) is 110 Å². The van der Waals surface area contributed by atoms with Gasteiger partial charge in [0.15, 0.2) is 11.5 Å². The number of carbonyl (C=O) groups excluding carboxylic acids is 1. The molecule has 2 heterocycles. The summed E-state index contributed by atoms with van der Waals surface area (Å²) in [5.41, 5.74) is 5.60. The molecule has 9 heteroatoms. The van der Waals surface area contributed by atoms with Gasteiger partial charge in [-0.1, -0.05) is 11.8 Å². The van der Waals surface area contributed by atoms with Crippen LogP contribution in [0.5, 0.6) is 11.5 Å². The summed E-state index contributed by atoms with van der Waals surface area (Å²) in [6.45, 7) is 0.394. The number of carbonyl (C=O) groups is 1. The van der Waals surface area contributed by atoms with Crippen molar-refractivity contribution in [1.82, 2.24) is 10.2 Å². The SMILES string of the molecule is NC(=O)OCCSc1nnc(-c2ccc3c(c2)OCO3)o1. The molecule has 0 spiro atoms. The predicted molar refractivity (Wildman–Crippen MR) is 72.1 cm³/mol. The van der Waals surface area contributed by atoms with Crippen LogP contribution in [-0.4, -0.2) is 35.4 Å². The van der Waals surface area contributed by atoms with E-state index in [1.807, 2.05) is 6.07 Å². The van der Waals surface area contributed by atoms with Crippen LogP contribution >= 0.6 is 11.8 Å². The normalized spacial score (nSPS) is 12.4. The van der Waals surface area contributed by atoms with Crippen LogP contribution in [0.2, 0.25) is 0 Å². The molecule has 2 N–H and O–H groups in total. The lowest BCUT2D eigenvalue weighted by atomic mass is 10.2. The highest BCUT2D eigenvalue weighted by Gasteiger charge is 2.16. The van der Waals surface area contributed by atoms with Crippen molar-refractivity contribution in [2.45, 2.75) is 5.22 Å². The minimum Gasteiger partial charge on any atom is -0.454 e. The molecule has 0 saturated heterocycles. The summed E-state index contributed by atoms with van der Waals surface area (Å²) in [6.07, 6.45) is -0.804. The third-order valence-corrected chi connectivity index (χ3v) is 3.36. The van der Waals surface area contributed by atoms with Crippen molar-refractivity contribution in [3.05, 3.63) is 18.2 Å². The number of hydrogen-bond acceptors (Lipinski definition) is 8. The fourth-order valence-corrected chi connectivity index (χ4v) is 2.26. The van der Waals surface area contributed by atoms with Crippen molar-refractivity contribution in [2.75, 3.05) is 19.2 Å². The number of primary amides is 1. The van der Waals surface area contributed by atoms with Gasteiger partial charge in [-0.2, -0.15) is 0 Å². The van der Waals surface area contributed by atoms with Gasteiger partial charge in [0.2, 0.25) is 12.7 Å². The second-order valence-electron chi connectivity index (χ2n) is 3.96. The molecule has 0 aliphatic carbocycles. The standard InChI is InChI=1S/C12H11N3O5S/c13-11(16)17-3-4-21-12-15-14-10(20-12)7-1-2-8-9(5-7)19-6-18-8/h1-2,5H,3-4,6H2,(H2,13,16). The predicted octanol–water partition coefficient (Wildman–Crippen LogP) is 1.65. The van der Waals surface area contributed by atoms with E-state index < -0.39 is 6.09 Å². The first-order chi connectivity index (χ1) is 10.2. The van der Waals surface area contributed by atoms with E-state index in [1.54, 1.807) is 12.1 Å². The number of nitrogens with two attached hydrogens (primary N) is 1. The van der Waals surface area contributed by atoms with Crippen molar-refractivity contribution in [3.63, 3.8) is 0 Å². The Kier molecular flexibility index (Phi) is 3.82. The van der Waals surface area contributed by atoms with Gasteiger partial charge >= 0.3 is 6.09 Å². The first-order valence-corrected chi connectivity index (χ1v) is 6.99. The van der Waals surface area contributed by atoms with E-state index in [-0.39, 0.29) is 13.4 Å². The molecular weight excluding hydrogens is 298 g/mol. The second kappa shape index (κ2) is 5.92. The molecule has 0 atom stereocenters. The molecule has 8 nitrogen and oxygen atoms in total. The summed E-state index contributed by atoms with van der Waals surface area (Å²) in [6, 6.07) is 5.38. The number of benzene rings is 1. The zero-order valence-corrected chi connectivity index (χ0v) is 11.6. The van der Waals surface area contributed by atoms with Gasteiger partial charge in [-0.3, -0.25) is 0 Å². The van der Waals surface area contributed by atoms with Crippen molar-refractivity contribution in [1.29, 1.82) is 0 Å². The highest BCUT2D eigenvalue weighted by Crippen LogP contribution is 2.35. The van der Waals surface area contributed by atoms with Crippen LogP contribution in [0.4, 0.5) is 4.79 Å². The summed E-state index contributed by atoms with van der Waals surface area (Å²) in [4.78, 5) is 10.4. The lowest BCUT2D eigenvalue weighted by Crippen LogP contribution is -2.14.